The highest BCUT2D eigenvalue weighted by Crippen LogP contribution is 2.30. The standard InChI is InChI=1S/C27H26N8O6/c1-4-20-28-25-23(26(38)35(15-22(37)41-3)27(39)34(25)14-21(36)40-2)33(20)13-16-9-11-17(12-10-16)18-7-5-6-8-19(18)24-29-31-32-30-24/h5-12H,4,13-15H2,1-3H3,(H,29,30,31,32). The zero-order chi connectivity index (χ0) is 29.1. The van der Waals surface area contributed by atoms with Gasteiger partial charge in [0, 0.05) is 18.5 Å². The van der Waals surface area contributed by atoms with Gasteiger partial charge in [-0.05, 0) is 27.1 Å². The summed E-state index contributed by atoms with van der Waals surface area (Å²) < 4.78 is 12.9. The fourth-order valence-electron chi connectivity index (χ4n) is 4.63. The highest BCUT2D eigenvalue weighted by Gasteiger charge is 2.24. The van der Waals surface area contributed by atoms with Crippen LogP contribution in [-0.2, 0) is 45.1 Å². The van der Waals surface area contributed by atoms with E-state index in [0.29, 0.717) is 18.1 Å². The van der Waals surface area contributed by atoms with Crippen LogP contribution < -0.4 is 11.2 Å². The number of fused-ring (bicyclic) bond motifs is 1. The number of rotatable bonds is 9. The van der Waals surface area contributed by atoms with Gasteiger partial charge in [-0.25, -0.2) is 19.4 Å². The van der Waals surface area contributed by atoms with E-state index in [1.807, 2.05) is 55.5 Å². The number of nitrogens with one attached hydrogen (secondary N) is 1. The third-order valence-electron chi connectivity index (χ3n) is 6.67. The van der Waals surface area contributed by atoms with Gasteiger partial charge >= 0.3 is 17.6 Å². The molecular weight excluding hydrogens is 532 g/mol. The van der Waals surface area contributed by atoms with Crippen LogP contribution in [0.3, 0.4) is 0 Å². The van der Waals surface area contributed by atoms with Gasteiger partial charge in [0.15, 0.2) is 17.0 Å². The van der Waals surface area contributed by atoms with Gasteiger partial charge in [0.2, 0.25) is 0 Å². The number of nitrogens with zero attached hydrogens (tertiary/aromatic N) is 7. The second-order valence-electron chi connectivity index (χ2n) is 9.04. The minimum absolute atomic E-state index is 0.0366. The molecule has 0 spiro atoms. The molecule has 0 radical (unpaired) electrons. The first-order valence-electron chi connectivity index (χ1n) is 12.6. The van der Waals surface area contributed by atoms with Crippen LogP contribution in [0.5, 0.6) is 0 Å². The van der Waals surface area contributed by atoms with Gasteiger partial charge in [-0.3, -0.25) is 19.0 Å². The van der Waals surface area contributed by atoms with Crippen LogP contribution in [0.25, 0.3) is 33.7 Å². The lowest BCUT2D eigenvalue weighted by Crippen LogP contribution is -2.43. The molecule has 0 amide bonds. The molecule has 0 aliphatic rings. The summed E-state index contributed by atoms with van der Waals surface area (Å²) in [5, 5.41) is 14.1. The molecule has 5 aromatic rings. The Kier molecular flexibility index (Phi) is 7.54. The second kappa shape index (κ2) is 11.4. The van der Waals surface area contributed by atoms with Crippen LogP contribution in [0, 0.1) is 0 Å². The van der Waals surface area contributed by atoms with E-state index >= 15 is 0 Å². The number of aromatic amines is 1. The van der Waals surface area contributed by atoms with Crippen molar-refractivity contribution in [2.45, 2.75) is 33.0 Å². The zero-order valence-electron chi connectivity index (χ0n) is 22.5. The molecule has 0 atom stereocenters. The fraction of sp³-hybridized carbons (Fsp3) is 0.259. The molecule has 2 aromatic carbocycles. The van der Waals surface area contributed by atoms with E-state index in [-0.39, 0.29) is 17.7 Å². The van der Waals surface area contributed by atoms with Crippen LogP contribution in [0.4, 0.5) is 0 Å². The van der Waals surface area contributed by atoms with Crippen LogP contribution in [0.15, 0.2) is 58.1 Å². The van der Waals surface area contributed by atoms with Gasteiger partial charge in [0.25, 0.3) is 5.56 Å². The van der Waals surface area contributed by atoms with E-state index < -0.39 is 36.3 Å². The Labute approximate surface area is 232 Å². The zero-order valence-corrected chi connectivity index (χ0v) is 22.5. The molecule has 0 unspecified atom stereocenters. The van der Waals surface area contributed by atoms with E-state index in [2.05, 4.69) is 30.3 Å². The highest BCUT2D eigenvalue weighted by molar-refractivity contribution is 5.80. The first-order chi connectivity index (χ1) is 19.9. The number of aryl methyl sites for hydroxylation is 1. The Bertz CT molecular complexity index is 1850. The molecule has 0 aliphatic heterocycles. The van der Waals surface area contributed by atoms with Crippen molar-refractivity contribution in [2.75, 3.05) is 14.2 Å². The maximum Gasteiger partial charge on any atom is 0.333 e. The summed E-state index contributed by atoms with van der Waals surface area (Å²) in [5.74, 6) is -0.422. The SMILES string of the molecule is CCc1nc2c(c(=O)n(CC(=O)OC)c(=O)n2CC(=O)OC)n1Cc1ccc(-c2ccccc2-c2nnn[nH]2)cc1. The van der Waals surface area contributed by atoms with Crippen molar-refractivity contribution in [3.05, 3.63) is 80.8 Å². The molecule has 0 fully saturated rings. The summed E-state index contributed by atoms with van der Waals surface area (Å²) in [6.07, 6.45) is 0.439. The predicted molar refractivity (Wildman–Crippen MR) is 146 cm³/mol. The average molecular weight is 559 g/mol. The van der Waals surface area contributed by atoms with Crippen molar-refractivity contribution in [2.24, 2.45) is 0 Å². The van der Waals surface area contributed by atoms with E-state index in [1.165, 1.54) is 7.11 Å². The Morgan fingerprint density at radius 1 is 0.878 bits per heavy atom. The summed E-state index contributed by atoms with van der Waals surface area (Å²) in [6.45, 7) is 1.01. The van der Waals surface area contributed by atoms with Gasteiger partial charge in [-0.2, -0.15) is 0 Å². The van der Waals surface area contributed by atoms with E-state index in [9.17, 15) is 19.2 Å². The second-order valence-corrected chi connectivity index (χ2v) is 9.04. The van der Waals surface area contributed by atoms with Crippen molar-refractivity contribution >= 4 is 23.1 Å². The number of esters is 2. The number of ether oxygens (including phenoxy) is 2. The van der Waals surface area contributed by atoms with Crippen molar-refractivity contribution in [3.8, 4) is 22.5 Å². The number of imidazole rings is 1. The smallest absolute Gasteiger partial charge is 0.333 e. The summed E-state index contributed by atoms with van der Waals surface area (Å²) in [4.78, 5) is 55.5. The third-order valence-corrected chi connectivity index (χ3v) is 6.67. The van der Waals surface area contributed by atoms with Crippen molar-refractivity contribution in [3.63, 3.8) is 0 Å². The molecule has 0 bridgehead atoms. The summed E-state index contributed by atoms with van der Waals surface area (Å²) in [5.41, 5.74) is 2.10. The summed E-state index contributed by atoms with van der Waals surface area (Å²) in [7, 11) is 2.35. The molecule has 210 valence electrons. The van der Waals surface area contributed by atoms with Crippen LogP contribution >= 0.6 is 0 Å². The van der Waals surface area contributed by atoms with Gasteiger partial charge in [0.1, 0.15) is 18.9 Å². The molecule has 3 heterocycles. The summed E-state index contributed by atoms with van der Waals surface area (Å²) >= 11 is 0. The van der Waals surface area contributed by atoms with Gasteiger partial charge in [-0.1, -0.05) is 55.5 Å². The molecule has 0 aliphatic carbocycles. The molecule has 3 aromatic heterocycles. The molecule has 0 saturated carbocycles. The van der Waals surface area contributed by atoms with E-state index in [0.717, 1.165) is 38.5 Å². The van der Waals surface area contributed by atoms with Crippen LogP contribution in [0.1, 0.15) is 18.3 Å². The van der Waals surface area contributed by atoms with Gasteiger partial charge in [-0.15, -0.1) is 5.10 Å². The number of aromatic nitrogens is 8. The lowest BCUT2D eigenvalue weighted by atomic mass is 9.98. The molecule has 0 saturated heterocycles. The number of carbonyl (C=O) groups is 2. The molecule has 14 nitrogen and oxygen atoms in total. The predicted octanol–water partition coefficient (Wildman–Crippen LogP) is 1.16. The number of hydrogen-bond donors (Lipinski definition) is 1. The number of carbonyl (C=O) groups excluding carboxylic acids is 2. The Hall–Kier alpha value is -5.40. The maximum atomic E-state index is 13.6. The van der Waals surface area contributed by atoms with E-state index in [1.54, 1.807) is 4.57 Å². The van der Waals surface area contributed by atoms with Crippen molar-refractivity contribution < 1.29 is 19.1 Å². The molecule has 1 N–H and O–H groups in total. The topological polar surface area (TPSA) is 169 Å². The number of benzene rings is 2. The monoisotopic (exact) mass is 558 g/mol. The normalized spacial score (nSPS) is 11.1. The molecule has 41 heavy (non-hydrogen) atoms. The fourth-order valence-corrected chi connectivity index (χ4v) is 4.63. The lowest BCUT2D eigenvalue weighted by molar-refractivity contribution is -0.141. The van der Waals surface area contributed by atoms with Gasteiger partial charge < -0.3 is 14.0 Å². The lowest BCUT2D eigenvalue weighted by Gasteiger charge is -2.13. The minimum atomic E-state index is -0.865. The first-order valence-corrected chi connectivity index (χ1v) is 12.6. The largest absolute Gasteiger partial charge is 0.468 e. The number of methoxy groups -OCH3 is 2. The average Bonchev–Trinajstić information content (AvgIpc) is 3.66. The highest BCUT2D eigenvalue weighted by atomic mass is 16.5. The number of tetrazole rings is 1. The summed E-state index contributed by atoms with van der Waals surface area (Å²) in [6, 6.07) is 15.5. The molecular formula is C27H26N8O6. The van der Waals surface area contributed by atoms with Crippen LogP contribution in [-0.4, -0.2) is 65.5 Å². The minimum Gasteiger partial charge on any atom is -0.468 e. The van der Waals surface area contributed by atoms with E-state index in [4.69, 9.17) is 4.74 Å². The maximum absolute atomic E-state index is 13.6. The first kappa shape index (κ1) is 27.2. The number of H-pyrrole nitrogens is 1. The van der Waals surface area contributed by atoms with Crippen molar-refractivity contribution in [1.29, 1.82) is 0 Å². The Morgan fingerprint density at radius 3 is 2.15 bits per heavy atom. The number of hydrogen-bond acceptors (Lipinski definition) is 10. The molecule has 14 heteroatoms. The van der Waals surface area contributed by atoms with Gasteiger partial charge in [0.05, 0.1) is 14.2 Å². The Balaban J connectivity index is 1.60. The Morgan fingerprint density at radius 2 is 1.54 bits per heavy atom. The third kappa shape index (κ3) is 5.14. The quantitative estimate of drug-likeness (QED) is 0.259. The molecule has 5 rings (SSSR count). The van der Waals surface area contributed by atoms with Crippen molar-refractivity contribution in [1.82, 2.24) is 39.3 Å². The van der Waals surface area contributed by atoms with Crippen LogP contribution in [0.2, 0.25) is 0 Å².